The Balaban J connectivity index is 1.78. The van der Waals surface area contributed by atoms with Crippen molar-refractivity contribution in [2.45, 2.75) is 19.3 Å². The Labute approximate surface area is 126 Å². The Bertz CT molecular complexity index is 807. The number of nitrogens with zero attached hydrogens (tertiary/aromatic N) is 2. The minimum absolute atomic E-state index is 0.163. The fourth-order valence-electron chi connectivity index (χ4n) is 2.49. The van der Waals surface area contributed by atoms with Gasteiger partial charge >= 0.3 is 0 Å². The van der Waals surface area contributed by atoms with E-state index >= 15 is 0 Å². The fraction of sp³-hybridized carbons (Fsp3) is 0.250. The van der Waals surface area contributed by atoms with Crippen LogP contribution in [0.3, 0.4) is 0 Å². The molecule has 1 aliphatic rings. The van der Waals surface area contributed by atoms with Crippen LogP contribution in [0.25, 0.3) is 10.8 Å². The molecular weight excluding hydrogens is 280 g/mol. The average Bonchev–Trinajstić information content (AvgIpc) is 2.56. The summed E-state index contributed by atoms with van der Waals surface area (Å²) in [5, 5.41) is 11.1. The molecule has 1 aromatic heterocycles. The molecule has 0 saturated carbocycles. The van der Waals surface area contributed by atoms with Crippen LogP contribution in [-0.2, 0) is 0 Å². The molecule has 6 heteroatoms. The standard InChI is InChI=1S/C16H16N4O2/c21-15-13-9-5-4-8-12(13)14(18-20-15)16(22)19-17-10-11-6-2-1-3-7-11/h1-2,4-5,8-11H,3,6-7H2,(H,19,22)(H,20,21)/b17-10-/t11-/m1/s1. The van der Waals surface area contributed by atoms with Crippen molar-refractivity contribution in [2.24, 2.45) is 11.0 Å². The van der Waals surface area contributed by atoms with Crippen molar-refractivity contribution >= 4 is 22.9 Å². The van der Waals surface area contributed by atoms with Crippen LogP contribution in [0.15, 0.2) is 46.3 Å². The smallest absolute Gasteiger partial charge is 0.267 e. The van der Waals surface area contributed by atoms with Crippen LogP contribution < -0.4 is 11.0 Å². The van der Waals surface area contributed by atoms with E-state index in [9.17, 15) is 9.59 Å². The summed E-state index contributed by atoms with van der Waals surface area (Å²) in [6.07, 6.45) is 9.05. The van der Waals surface area contributed by atoms with Gasteiger partial charge in [0.25, 0.3) is 11.5 Å². The van der Waals surface area contributed by atoms with Gasteiger partial charge in [0, 0.05) is 11.6 Å². The lowest BCUT2D eigenvalue weighted by atomic mass is 9.96. The van der Waals surface area contributed by atoms with Gasteiger partial charge in [0.05, 0.1) is 5.39 Å². The summed E-state index contributed by atoms with van der Waals surface area (Å²) in [5.74, 6) is -0.0827. The number of fused-ring (bicyclic) bond motifs is 1. The molecule has 0 aliphatic heterocycles. The number of amides is 1. The number of allylic oxidation sites excluding steroid dienone is 2. The molecule has 0 unspecified atom stereocenters. The van der Waals surface area contributed by atoms with Crippen molar-refractivity contribution in [3.8, 4) is 0 Å². The van der Waals surface area contributed by atoms with E-state index in [2.05, 4.69) is 32.9 Å². The van der Waals surface area contributed by atoms with Gasteiger partial charge in [0.15, 0.2) is 5.69 Å². The van der Waals surface area contributed by atoms with Gasteiger partial charge in [0.2, 0.25) is 0 Å². The normalized spacial score (nSPS) is 17.9. The predicted octanol–water partition coefficient (Wildman–Crippen LogP) is 2.00. The lowest BCUT2D eigenvalue weighted by Gasteiger charge is -2.11. The molecule has 1 atom stereocenters. The maximum atomic E-state index is 12.2. The maximum absolute atomic E-state index is 12.2. The highest BCUT2D eigenvalue weighted by Gasteiger charge is 2.13. The minimum Gasteiger partial charge on any atom is -0.267 e. The Morgan fingerprint density at radius 2 is 2.14 bits per heavy atom. The Kier molecular flexibility index (Phi) is 4.09. The number of benzene rings is 1. The zero-order valence-corrected chi connectivity index (χ0v) is 12.0. The zero-order valence-electron chi connectivity index (χ0n) is 12.0. The van der Waals surface area contributed by atoms with Gasteiger partial charge in [-0.15, -0.1) is 0 Å². The number of aromatic amines is 1. The second kappa shape index (κ2) is 6.34. The van der Waals surface area contributed by atoms with Crippen LogP contribution in [0.1, 0.15) is 29.8 Å². The monoisotopic (exact) mass is 296 g/mol. The van der Waals surface area contributed by atoms with Crippen molar-refractivity contribution in [2.75, 3.05) is 0 Å². The number of rotatable bonds is 3. The third-order valence-corrected chi connectivity index (χ3v) is 3.67. The van der Waals surface area contributed by atoms with E-state index in [4.69, 9.17) is 0 Å². The van der Waals surface area contributed by atoms with Crippen molar-refractivity contribution < 1.29 is 4.79 Å². The summed E-state index contributed by atoms with van der Waals surface area (Å²) in [6, 6.07) is 6.86. The molecule has 0 fully saturated rings. The summed E-state index contributed by atoms with van der Waals surface area (Å²) in [7, 11) is 0. The van der Waals surface area contributed by atoms with E-state index in [0.29, 0.717) is 16.7 Å². The van der Waals surface area contributed by atoms with E-state index in [1.807, 2.05) is 0 Å². The number of carbonyl (C=O) groups excluding carboxylic acids is 1. The van der Waals surface area contributed by atoms with Gasteiger partial charge in [0.1, 0.15) is 0 Å². The van der Waals surface area contributed by atoms with Gasteiger partial charge < -0.3 is 0 Å². The van der Waals surface area contributed by atoms with Crippen LogP contribution >= 0.6 is 0 Å². The summed E-state index contributed by atoms with van der Waals surface area (Å²) in [5.41, 5.74) is 2.33. The highest BCUT2D eigenvalue weighted by Crippen LogP contribution is 2.16. The minimum atomic E-state index is -0.435. The molecule has 0 spiro atoms. The summed E-state index contributed by atoms with van der Waals surface area (Å²) in [6.45, 7) is 0. The van der Waals surface area contributed by atoms with Crippen molar-refractivity contribution in [3.05, 3.63) is 52.5 Å². The van der Waals surface area contributed by atoms with Gasteiger partial charge in [-0.1, -0.05) is 30.4 Å². The van der Waals surface area contributed by atoms with Gasteiger partial charge in [-0.05, 0) is 31.2 Å². The molecule has 1 aliphatic carbocycles. The Hall–Kier alpha value is -2.76. The molecule has 3 rings (SSSR count). The van der Waals surface area contributed by atoms with E-state index in [1.54, 1.807) is 30.5 Å². The third kappa shape index (κ3) is 2.95. The number of aromatic nitrogens is 2. The molecular formula is C16H16N4O2. The molecule has 6 nitrogen and oxygen atoms in total. The molecule has 0 radical (unpaired) electrons. The van der Waals surface area contributed by atoms with E-state index in [1.165, 1.54) is 0 Å². The second-order valence-electron chi connectivity index (χ2n) is 5.21. The van der Waals surface area contributed by atoms with Crippen molar-refractivity contribution in [3.63, 3.8) is 0 Å². The van der Waals surface area contributed by atoms with Gasteiger partial charge in [-0.2, -0.15) is 10.2 Å². The van der Waals surface area contributed by atoms with Crippen LogP contribution in [0, 0.1) is 5.92 Å². The van der Waals surface area contributed by atoms with Crippen LogP contribution in [0.5, 0.6) is 0 Å². The molecule has 112 valence electrons. The number of hydrazone groups is 1. The number of hydrogen-bond donors (Lipinski definition) is 2. The van der Waals surface area contributed by atoms with Crippen molar-refractivity contribution in [1.29, 1.82) is 0 Å². The molecule has 0 saturated heterocycles. The number of H-pyrrole nitrogens is 1. The van der Waals surface area contributed by atoms with Gasteiger partial charge in [-0.25, -0.2) is 10.5 Å². The van der Waals surface area contributed by atoms with E-state index < -0.39 is 5.91 Å². The summed E-state index contributed by atoms with van der Waals surface area (Å²) >= 11 is 0. The Morgan fingerprint density at radius 3 is 2.91 bits per heavy atom. The highest BCUT2D eigenvalue weighted by molar-refractivity contribution is 6.04. The first-order chi connectivity index (χ1) is 10.8. The summed E-state index contributed by atoms with van der Waals surface area (Å²) in [4.78, 5) is 23.9. The quantitative estimate of drug-likeness (QED) is 0.516. The molecule has 1 amide bonds. The first kappa shape index (κ1) is 14.2. The van der Waals surface area contributed by atoms with E-state index in [-0.39, 0.29) is 11.3 Å². The maximum Gasteiger partial charge on any atom is 0.292 e. The molecule has 0 bridgehead atoms. The van der Waals surface area contributed by atoms with Crippen LogP contribution in [-0.4, -0.2) is 22.3 Å². The third-order valence-electron chi connectivity index (χ3n) is 3.67. The Morgan fingerprint density at radius 1 is 1.32 bits per heavy atom. The first-order valence-electron chi connectivity index (χ1n) is 7.21. The molecule has 2 N–H and O–H groups in total. The molecule has 1 aromatic carbocycles. The topological polar surface area (TPSA) is 87.2 Å². The molecule has 1 heterocycles. The number of nitrogens with one attached hydrogen (secondary N) is 2. The van der Waals surface area contributed by atoms with Crippen LogP contribution in [0.4, 0.5) is 0 Å². The number of carbonyl (C=O) groups is 1. The number of hydrogen-bond acceptors (Lipinski definition) is 4. The largest absolute Gasteiger partial charge is 0.292 e. The lowest BCUT2D eigenvalue weighted by Crippen LogP contribution is -2.23. The fourth-order valence-corrected chi connectivity index (χ4v) is 2.49. The van der Waals surface area contributed by atoms with Crippen molar-refractivity contribution in [1.82, 2.24) is 15.6 Å². The lowest BCUT2D eigenvalue weighted by molar-refractivity contribution is 0.0950. The predicted molar refractivity (Wildman–Crippen MR) is 84.8 cm³/mol. The molecule has 2 aromatic rings. The van der Waals surface area contributed by atoms with Gasteiger partial charge in [-0.3, -0.25) is 9.59 Å². The summed E-state index contributed by atoms with van der Waals surface area (Å²) < 4.78 is 0. The highest BCUT2D eigenvalue weighted by atomic mass is 16.2. The average molecular weight is 296 g/mol. The second-order valence-corrected chi connectivity index (χ2v) is 5.21. The zero-order chi connectivity index (χ0) is 15.4. The SMILES string of the molecule is O=C(N/N=C\[C@@H]1CC=CCC1)c1n[nH]c(=O)c2ccccc12. The van der Waals surface area contributed by atoms with E-state index in [0.717, 1.165) is 19.3 Å². The van der Waals surface area contributed by atoms with Crippen LogP contribution in [0.2, 0.25) is 0 Å². The first-order valence-corrected chi connectivity index (χ1v) is 7.21. The molecule has 22 heavy (non-hydrogen) atoms.